The van der Waals surface area contributed by atoms with Crippen LogP contribution in [0.5, 0.6) is 23.0 Å². The molecule has 0 atom stereocenters. The first kappa shape index (κ1) is 29.3. The molecule has 0 aromatic heterocycles. The molecule has 0 unspecified atom stereocenters. The zero-order chi connectivity index (χ0) is 28.7. The number of nitro groups is 2. The Morgan fingerprint density at radius 3 is 1.31 bits per heavy atom. The number of phenolic OH excluding ortho intramolecular Hbond substituents is 4. The number of ketones is 2. The SMILES string of the molecule is O=C(CN1CCCC1)c1ccc(O)c(O)c1[N+](=O)[O-].O=C(CN1CCCCC1)c1ccc(O)c(O)c1[N+](=O)[O-]. The Morgan fingerprint density at radius 1 is 0.641 bits per heavy atom. The Balaban J connectivity index is 0.000000216. The van der Waals surface area contributed by atoms with Gasteiger partial charge in [0, 0.05) is 0 Å². The van der Waals surface area contributed by atoms with Crippen LogP contribution in [0.2, 0.25) is 0 Å². The van der Waals surface area contributed by atoms with E-state index in [2.05, 4.69) is 0 Å². The molecular weight excluding hydrogens is 516 g/mol. The highest BCUT2D eigenvalue weighted by molar-refractivity contribution is 6.03. The van der Waals surface area contributed by atoms with Gasteiger partial charge in [-0.2, -0.15) is 0 Å². The van der Waals surface area contributed by atoms with Crippen molar-refractivity contribution in [3.63, 3.8) is 0 Å². The quantitative estimate of drug-likeness (QED) is 0.163. The van der Waals surface area contributed by atoms with Gasteiger partial charge in [0.2, 0.25) is 11.5 Å². The number of carbonyl (C=O) groups is 2. The fourth-order valence-electron chi connectivity index (χ4n) is 4.59. The third kappa shape index (κ3) is 7.18. The van der Waals surface area contributed by atoms with E-state index in [0.29, 0.717) is 0 Å². The molecule has 2 aromatic rings. The number of nitro benzene ring substituents is 2. The normalized spacial score (nSPS) is 15.8. The van der Waals surface area contributed by atoms with Gasteiger partial charge < -0.3 is 20.4 Å². The van der Waals surface area contributed by atoms with Gasteiger partial charge in [-0.3, -0.25) is 39.6 Å². The lowest BCUT2D eigenvalue weighted by Crippen LogP contribution is -2.34. The van der Waals surface area contributed by atoms with E-state index in [0.717, 1.165) is 70.4 Å². The van der Waals surface area contributed by atoms with Crippen LogP contribution in [0.4, 0.5) is 11.4 Å². The number of hydrogen-bond donors (Lipinski definition) is 4. The lowest BCUT2D eigenvalue weighted by atomic mass is 10.1. The molecule has 14 nitrogen and oxygen atoms in total. The highest BCUT2D eigenvalue weighted by Crippen LogP contribution is 2.39. The van der Waals surface area contributed by atoms with Gasteiger partial charge in [0.25, 0.3) is 0 Å². The summed E-state index contributed by atoms with van der Waals surface area (Å²) in [5.41, 5.74) is -1.81. The molecule has 2 fully saturated rings. The minimum atomic E-state index is -0.864. The number of carbonyl (C=O) groups excluding carboxylic acids is 2. The van der Waals surface area contributed by atoms with Crippen molar-refractivity contribution >= 4 is 22.9 Å². The Labute approximate surface area is 223 Å². The summed E-state index contributed by atoms with van der Waals surface area (Å²) >= 11 is 0. The molecule has 2 heterocycles. The zero-order valence-electron chi connectivity index (χ0n) is 21.1. The van der Waals surface area contributed by atoms with Crippen LogP contribution in [-0.2, 0) is 0 Å². The molecule has 0 bridgehead atoms. The molecule has 0 amide bonds. The molecule has 0 spiro atoms. The first-order valence-electron chi connectivity index (χ1n) is 12.4. The summed E-state index contributed by atoms with van der Waals surface area (Å²) in [5, 5.41) is 59.5. The van der Waals surface area contributed by atoms with Gasteiger partial charge in [-0.05, 0) is 76.1 Å². The average molecular weight is 547 g/mol. The topological polar surface area (TPSA) is 208 Å². The summed E-state index contributed by atoms with van der Waals surface area (Å²) in [6.07, 6.45) is 5.17. The largest absolute Gasteiger partial charge is 0.504 e. The first-order valence-corrected chi connectivity index (χ1v) is 12.4. The maximum Gasteiger partial charge on any atom is 0.325 e. The van der Waals surface area contributed by atoms with E-state index in [1.165, 1.54) is 12.1 Å². The van der Waals surface area contributed by atoms with E-state index in [1.807, 2.05) is 9.80 Å². The molecule has 4 rings (SSSR count). The van der Waals surface area contributed by atoms with E-state index >= 15 is 0 Å². The van der Waals surface area contributed by atoms with Crippen LogP contribution in [0.25, 0.3) is 0 Å². The van der Waals surface area contributed by atoms with Crippen LogP contribution in [0.1, 0.15) is 52.8 Å². The highest BCUT2D eigenvalue weighted by Gasteiger charge is 2.29. The van der Waals surface area contributed by atoms with Gasteiger partial charge >= 0.3 is 11.4 Å². The average Bonchev–Trinajstić information content (AvgIpc) is 3.40. The number of hydrogen-bond acceptors (Lipinski definition) is 12. The van der Waals surface area contributed by atoms with Gasteiger partial charge in [0.1, 0.15) is 11.1 Å². The van der Waals surface area contributed by atoms with Crippen molar-refractivity contribution in [1.29, 1.82) is 0 Å². The molecule has 0 aliphatic carbocycles. The van der Waals surface area contributed by atoms with Gasteiger partial charge in [0.05, 0.1) is 22.9 Å². The number of aromatic hydroxyl groups is 4. The molecule has 0 radical (unpaired) electrons. The minimum absolute atomic E-state index is 0.0883. The predicted molar refractivity (Wildman–Crippen MR) is 137 cm³/mol. The minimum Gasteiger partial charge on any atom is -0.504 e. The van der Waals surface area contributed by atoms with E-state index in [1.54, 1.807) is 0 Å². The second kappa shape index (κ2) is 13.0. The van der Waals surface area contributed by atoms with Crippen LogP contribution in [0, 0.1) is 20.2 Å². The summed E-state index contributed by atoms with van der Waals surface area (Å²) in [4.78, 5) is 48.2. The van der Waals surface area contributed by atoms with Gasteiger partial charge in [0.15, 0.2) is 23.1 Å². The summed E-state index contributed by atoms with van der Waals surface area (Å²) < 4.78 is 0. The monoisotopic (exact) mass is 546 g/mol. The summed E-state index contributed by atoms with van der Waals surface area (Å²) in [6, 6.07) is 4.52. The van der Waals surface area contributed by atoms with Crippen LogP contribution < -0.4 is 0 Å². The Bertz CT molecular complexity index is 1250. The summed E-state index contributed by atoms with van der Waals surface area (Å²) in [6.45, 7) is 3.36. The van der Waals surface area contributed by atoms with Crippen molar-refractivity contribution in [2.24, 2.45) is 0 Å². The zero-order valence-corrected chi connectivity index (χ0v) is 21.1. The standard InChI is InChI=1S/C13H16N2O5.C12H14N2O5/c16-10-5-4-9(12(13(10)18)15(19)20)11(17)8-14-6-2-1-3-7-14;15-9-4-3-8(11(12(9)17)14(18)19)10(16)7-13-5-1-2-6-13/h4-5,16,18H,1-3,6-8H2;3-4,15,17H,1-2,5-7H2. The van der Waals surface area contributed by atoms with Crippen molar-refractivity contribution in [1.82, 2.24) is 9.80 Å². The first-order chi connectivity index (χ1) is 18.5. The summed E-state index contributed by atoms with van der Waals surface area (Å²) in [7, 11) is 0. The number of nitrogens with zero attached hydrogens (tertiary/aromatic N) is 4. The van der Waals surface area contributed by atoms with Crippen LogP contribution in [0.15, 0.2) is 24.3 Å². The number of piperidine rings is 1. The van der Waals surface area contributed by atoms with Crippen LogP contribution >= 0.6 is 0 Å². The maximum absolute atomic E-state index is 12.2. The molecule has 2 saturated heterocycles. The molecule has 0 saturated carbocycles. The van der Waals surface area contributed by atoms with E-state index in [9.17, 15) is 50.2 Å². The van der Waals surface area contributed by atoms with Gasteiger partial charge in [-0.1, -0.05) is 6.42 Å². The molecule has 39 heavy (non-hydrogen) atoms. The third-order valence-electron chi connectivity index (χ3n) is 6.61. The van der Waals surface area contributed by atoms with Crippen molar-refractivity contribution < 1.29 is 39.9 Å². The predicted octanol–water partition coefficient (Wildman–Crippen LogP) is 2.96. The van der Waals surface area contributed by atoms with Crippen molar-refractivity contribution in [3.05, 3.63) is 55.6 Å². The van der Waals surface area contributed by atoms with Gasteiger partial charge in [-0.15, -0.1) is 0 Å². The number of Topliss-reactive ketones (excluding diaryl/α,β-unsaturated/α-hetero) is 2. The lowest BCUT2D eigenvalue weighted by molar-refractivity contribution is -0.386. The van der Waals surface area contributed by atoms with Crippen molar-refractivity contribution in [2.75, 3.05) is 39.3 Å². The number of likely N-dealkylation sites (tertiary alicyclic amines) is 2. The van der Waals surface area contributed by atoms with Crippen LogP contribution in [-0.4, -0.2) is 90.9 Å². The molecule has 210 valence electrons. The van der Waals surface area contributed by atoms with E-state index < -0.39 is 55.8 Å². The maximum atomic E-state index is 12.2. The van der Waals surface area contributed by atoms with E-state index in [4.69, 9.17) is 0 Å². The summed E-state index contributed by atoms with van der Waals surface area (Å²) in [5.74, 6) is -3.79. The highest BCUT2D eigenvalue weighted by atomic mass is 16.6. The molecule has 4 N–H and O–H groups in total. The number of benzene rings is 2. The smallest absolute Gasteiger partial charge is 0.325 e. The Hall–Kier alpha value is -4.30. The van der Waals surface area contributed by atoms with Crippen molar-refractivity contribution in [3.8, 4) is 23.0 Å². The fraction of sp³-hybridized carbons (Fsp3) is 0.440. The van der Waals surface area contributed by atoms with Crippen LogP contribution in [0.3, 0.4) is 0 Å². The second-order valence-corrected chi connectivity index (χ2v) is 9.34. The van der Waals surface area contributed by atoms with Crippen molar-refractivity contribution in [2.45, 2.75) is 32.1 Å². The molecule has 14 heteroatoms. The van der Waals surface area contributed by atoms with E-state index in [-0.39, 0.29) is 24.2 Å². The second-order valence-electron chi connectivity index (χ2n) is 9.34. The Kier molecular flexibility index (Phi) is 9.73. The fourth-order valence-corrected chi connectivity index (χ4v) is 4.59. The third-order valence-corrected chi connectivity index (χ3v) is 6.61. The molecule has 2 aromatic carbocycles. The molecule has 2 aliphatic heterocycles. The Morgan fingerprint density at radius 2 is 0.974 bits per heavy atom. The number of rotatable bonds is 8. The van der Waals surface area contributed by atoms with Gasteiger partial charge in [-0.25, -0.2) is 0 Å². The number of phenols is 4. The molecular formula is C25H30N4O10. The lowest BCUT2D eigenvalue weighted by Gasteiger charge is -2.25. The molecule has 2 aliphatic rings.